The van der Waals surface area contributed by atoms with Gasteiger partial charge >= 0.3 is 0 Å². The summed E-state index contributed by atoms with van der Waals surface area (Å²) in [5, 5.41) is 7.10. The lowest BCUT2D eigenvalue weighted by atomic mass is 10.2. The van der Waals surface area contributed by atoms with Gasteiger partial charge in [-0.05, 0) is 71.0 Å². The van der Waals surface area contributed by atoms with Gasteiger partial charge in [-0.25, -0.2) is 5.43 Å². The first-order valence-corrected chi connectivity index (χ1v) is 8.63. The Morgan fingerprint density at radius 1 is 1.21 bits per heavy atom. The van der Waals surface area contributed by atoms with Crippen molar-refractivity contribution in [2.24, 2.45) is 5.10 Å². The predicted molar refractivity (Wildman–Crippen MR) is 109 cm³/mol. The standard InChI is InChI=1S/C18H21IN4O/c1-13-10-15(19)6-9-17(13)20-12-18(24)22-21-11-14-4-7-16(8-5-14)23(2)3/h4-11,20H,12H2,1-3H3,(H,22,24)/b21-11-. The molecule has 0 saturated carbocycles. The minimum atomic E-state index is -0.186. The van der Waals surface area contributed by atoms with Crippen LogP contribution in [0.2, 0.25) is 0 Å². The Balaban J connectivity index is 1.82. The number of nitrogens with one attached hydrogen (secondary N) is 2. The molecule has 2 aromatic carbocycles. The maximum absolute atomic E-state index is 11.8. The minimum absolute atomic E-state index is 0.179. The molecule has 2 N–H and O–H groups in total. The number of nitrogens with zero attached hydrogens (tertiary/aromatic N) is 2. The van der Waals surface area contributed by atoms with Crippen molar-refractivity contribution in [1.82, 2.24) is 5.43 Å². The number of anilines is 2. The number of carbonyl (C=O) groups is 1. The van der Waals surface area contributed by atoms with Crippen molar-refractivity contribution in [2.45, 2.75) is 6.92 Å². The molecule has 6 heteroatoms. The first-order chi connectivity index (χ1) is 11.5. The van der Waals surface area contributed by atoms with Crippen molar-refractivity contribution in [2.75, 3.05) is 30.9 Å². The molecule has 0 bridgehead atoms. The number of carbonyl (C=O) groups excluding carboxylic acids is 1. The van der Waals surface area contributed by atoms with Crippen LogP contribution in [0.15, 0.2) is 47.6 Å². The summed E-state index contributed by atoms with van der Waals surface area (Å²) < 4.78 is 1.17. The molecule has 0 aliphatic heterocycles. The van der Waals surface area contributed by atoms with Crippen molar-refractivity contribution >= 4 is 46.1 Å². The van der Waals surface area contributed by atoms with Crippen molar-refractivity contribution in [3.05, 3.63) is 57.2 Å². The summed E-state index contributed by atoms with van der Waals surface area (Å²) in [5.74, 6) is -0.186. The zero-order valence-electron chi connectivity index (χ0n) is 14.0. The summed E-state index contributed by atoms with van der Waals surface area (Å²) in [7, 11) is 3.98. The van der Waals surface area contributed by atoms with E-state index in [4.69, 9.17) is 0 Å². The van der Waals surface area contributed by atoms with Crippen LogP contribution in [-0.4, -0.2) is 32.8 Å². The normalized spacial score (nSPS) is 10.7. The number of halogens is 1. The lowest BCUT2D eigenvalue weighted by Crippen LogP contribution is -2.26. The second-order valence-corrected chi connectivity index (χ2v) is 6.84. The van der Waals surface area contributed by atoms with Gasteiger partial charge in [0.15, 0.2) is 0 Å². The summed E-state index contributed by atoms with van der Waals surface area (Å²) in [6.45, 7) is 2.19. The lowest BCUT2D eigenvalue weighted by molar-refractivity contribution is -0.119. The molecule has 2 aromatic rings. The Bertz CT molecular complexity index is 726. The first kappa shape index (κ1) is 18.3. The zero-order valence-corrected chi connectivity index (χ0v) is 16.2. The van der Waals surface area contributed by atoms with Crippen LogP contribution < -0.4 is 15.6 Å². The van der Waals surface area contributed by atoms with Gasteiger partial charge in [0.05, 0.1) is 12.8 Å². The van der Waals surface area contributed by atoms with Gasteiger partial charge in [0.25, 0.3) is 5.91 Å². The highest BCUT2D eigenvalue weighted by Gasteiger charge is 2.02. The molecule has 0 aliphatic rings. The molecular weight excluding hydrogens is 415 g/mol. The molecule has 0 unspecified atom stereocenters. The summed E-state index contributed by atoms with van der Waals surface area (Å²) in [6, 6.07) is 14.0. The third-order valence-corrected chi connectivity index (χ3v) is 4.11. The van der Waals surface area contributed by atoms with E-state index in [0.717, 1.165) is 22.5 Å². The van der Waals surface area contributed by atoms with Gasteiger partial charge in [-0.15, -0.1) is 0 Å². The van der Waals surface area contributed by atoms with Crippen molar-refractivity contribution in [1.29, 1.82) is 0 Å². The van der Waals surface area contributed by atoms with Crippen molar-refractivity contribution < 1.29 is 4.79 Å². The Morgan fingerprint density at radius 2 is 1.92 bits per heavy atom. The second-order valence-electron chi connectivity index (χ2n) is 5.59. The fourth-order valence-electron chi connectivity index (χ4n) is 2.08. The summed E-state index contributed by atoms with van der Waals surface area (Å²) in [4.78, 5) is 13.9. The molecule has 0 aromatic heterocycles. The average Bonchev–Trinajstić information content (AvgIpc) is 2.54. The van der Waals surface area contributed by atoms with E-state index in [9.17, 15) is 4.79 Å². The van der Waals surface area contributed by atoms with Crippen molar-refractivity contribution in [3.63, 3.8) is 0 Å². The minimum Gasteiger partial charge on any atom is -0.378 e. The van der Waals surface area contributed by atoms with Gasteiger partial charge in [0, 0.05) is 29.0 Å². The van der Waals surface area contributed by atoms with E-state index in [0.29, 0.717) is 0 Å². The second kappa shape index (κ2) is 8.68. The number of rotatable bonds is 6. The molecule has 0 spiro atoms. The van der Waals surface area contributed by atoms with E-state index in [1.807, 2.05) is 62.3 Å². The molecular formula is C18H21IN4O. The summed E-state index contributed by atoms with van der Waals surface area (Å²) >= 11 is 2.26. The summed E-state index contributed by atoms with van der Waals surface area (Å²) in [5.41, 5.74) is 6.64. The fraction of sp³-hybridized carbons (Fsp3) is 0.222. The van der Waals surface area contributed by atoms with E-state index in [1.165, 1.54) is 3.57 Å². The molecule has 1 amide bonds. The maximum atomic E-state index is 11.8. The van der Waals surface area contributed by atoms with E-state index < -0.39 is 0 Å². The van der Waals surface area contributed by atoms with Crippen LogP contribution in [0, 0.1) is 10.5 Å². The van der Waals surface area contributed by atoms with Gasteiger partial charge in [-0.1, -0.05) is 12.1 Å². The number of hydrogen-bond acceptors (Lipinski definition) is 4. The Labute approximate surface area is 156 Å². The van der Waals surface area contributed by atoms with Crippen LogP contribution in [0.1, 0.15) is 11.1 Å². The van der Waals surface area contributed by atoms with Crippen LogP contribution in [0.5, 0.6) is 0 Å². The molecule has 2 rings (SSSR count). The number of benzene rings is 2. The average molecular weight is 436 g/mol. The third kappa shape index (κ3) is 5.52. The number of hydrogen-bond donors (Lipinski definition) is 2. The van der Waals surface area contributed by atoms with Crippen molar-refractivity contribution in [3.8, 4) is 0 Å². The van der Waals surface area contributed by atoms with Crippen LogP contribution in [-0.2, 0) is 4.79 Å². The van der Waals surface area contributed by atoms with E-state index >= 15 is 0 Å². The predicted octanol–water partition coefficient (Wildman–Crippen LogP) is 3.23. The van der Waals surface area contributed by atoms with Crippen LogP contribution in [0.25, 0.3) is 0 Å². The highest BCUT2D eigenvalue weighted by Crippen LogP contribution is 2.17. The first-order valence-electron chi connectivity index (χ1n) is 7.55. The highest BCUT2D eigenvalue weighted by molar-refractivity contribution is 14.1. The molecule has 0 saturated heterocycles. The number of aryl methyl sites for hydroxylation is 1. The van der Waals surface area contributed by atoms with E-state index in [-0.39, 0.29) is 12.5 Å². The molecule has 0 fully saturated rings. The van der Waals surface area contributed by atoms with Gasteiger partial charge in [-0.2, -0.15) is 5.10 Å². The molecule has 5 nitrogen and oxygen atoms in total. The largest absolute Gasteiger partial charge is 0.378 e. The smallest absolute Gasteiger partial charge is 0.259 e. The lowest BCUT2D eigenvalue weighted by Gasteiger charge is -2.11. The van der Waals surface area contributed by atoms with Gasteiger partial charge in [0.2, 0.25) is 0 Å². The SMILES string of the molecule is Cc1cc(I)ccc1NCC(=O)N/N=C\c1ccc(N(C)C)cc1. The monoisotopic (exact) mass is 436 g/mol. The van der Waals surface area contributed by atoms with Gasteiger partial charge < -0.3 is 10.2 Å². The number of amides is 1. The highest BCUT2D eigenvalue weighted by atomic mass is 127. The van der Waals surface area contributed by atoms with Crippen LogP contribution >= 0.6 is 22.6 Å². The molecule has 0 atom stereocenters. The van der Waals surface area contributed by atoms with Crippen LogP contribution in [0.3, 0.4) is 0 Å². The Morgan fingerprint density at radius 3 is 2.54 bits per heavy atom. The van der Waals surface area contributed by atoms with Crippen LogP contribution in [0.4, 0.5) is 11.4 Å². The molecule has 0 radical (unpaired) electrons. The Kier molecular flexibility index (Phi) is 6.60. The molecule has 0 aliphatic carbocycles. The quantitative estimate of drug-likeness (QED) is 0.416. The molecule has 24 heavy (non-hydrogen) atoms. The topological polar surface area (TPSA) is 56.7 Å². The summed E-state index contributed by atoms with van der Waals surface area (Å²) in [6.07, 6.45) is 1.63. The van der Waals surface area contributed by atoms with Gasteiger partial charge in [0.1, 0.15) is 0 Å². The zero-order chi connectivity index (χ0) is 17.5. The van der Waals surface area contributed by atoms with Gasteiger partial charge in [-0.3, -0.25) is 4.79 Å². The van der Waals surface area contributed by atoms with E-state index in [2.05, 4.69) is 44.5 Å². The fourth-order valence-corrected chi connectivity index (χ4v) is 2.72. The third-order valence-electron chi connectivity index (χ3n) is 3.44. The maximum Gasteiger partial charge on any atom is 0.259 e. The molecule has 126 valence electrons. The van der Waals surface area contributed by atoms with E-state index in [1.54, 1.807) is 6.21 Å². The Hall–Kier alpha value is -2.09. The molecule has 0 heterocycles. The number of hydrazone groups is 1.